The van der Waals surface area contributed by atoms with Gasteiger partial charge in [-0.3, -0.25) is 4.79 Å². The number of rotatable bonds is 3. The van der Waals surface area contributed by atoms with E-state index in [-0.39, 0.29) is 18.7 Å². The van der Waals surface area contributed by atoms with E-state index in [1.807, 2.05) is 48.1 Å². The highest BCUT2D eigenvalue weighted by Crippen LogP contribution is 2.24. The van der Waals surface area contributed by atoms with Gasteiger partial charge in [-0.1, -0.05) is 18.2 Å². The molecule has 0 atom stereocenters. The van der Waals surface area contributed by atoms with Crippen LogP contribution in [0.4, 0.5) is 5.69 Å². The molecule has 1 aromatic heterocycles. The zero-order valence-electron chi connectivity index (χ0n) is 9.60. The largest absolute Gasteiger partial charge is 0.348 e. The van der Waals surface area contributed by atoms with Crippen molar-refractivity contribution in [3.8, 4) is 6.07 Å². The lowest BCUT2D eigenvalue weighted by molar-refractivity contribution is -0.116. The topological polar surface area (TPSA) is 57.8 Å². The Bertz CT molecular complexity index is 592. The average molecular weight is 227 g/mol. The first-order valence-corrected chi connectivity index (χ1v) is 5.43. The predicted molar refractivity (Wildman–Crippen MR) is 66.4 cm³/mol. The maximum absolute atomic E-state index is 11.6. The van der Waals surface area contributed by atoms with Crippen molar-refractivity contribution in [1.29, 1.82) is 5.26 Å². The van der Waals surface area contributed by atoms with Crippen LogP contribution in [-0.4, -0.2) is 10.5 Å². The number of aryl methyl sites for hydroxylation is 1. The summed E-state index contributed by atoms with van der Waals surface area (Å²) in [6.07, 6.45) is 2.37. The lowest BCUT2D eigenvalue weighted by Crippen LogP contribution is -2.10. The first-order valence-electron chi connectivity index (χ1n) is 5.43. The molecular weight excluding hydrogens is 214 g/mol. The molecule has 4 heteroatoms. The molecule has 1 aromatic carbocycles. The van der Waals surface area contributed by atoms with Crippen molar-refractivity contribution < 1.29 is 4.79 Å². The highest BCUT2D eigenvalue weighted by Gasteiger charge is 2.08. The summed E-state index contributed by atoms with van der Waals surface area (Å²) in [5.41, 5.74) is 1.87. The molecule has 17 heavy (non-hydrogen) atoms. The Morgan fingerprint density at radius 3 is 3.00 bits per heavy atom. The number of carbonyl (C=O) groups is 1. The van der Waals surface area contributed by atoms with E-state index in [9.17, 15) is 4.79 Å². The van der Waals surface area contributed by atoms with Crippen LogP contribution in [0.2, 0.25) is 0 Å². The molecule has 2 aromatic rings. The SMILES string of the molecule is Cn1cc(NC(=O)CCC#N)c2ccccc21. The van der Waals surface area contributed by atoms with Crippen molar-refractivity contribution in [2.24, 2.45) is 7.05 Å². The molecular formula is C13H13N3O. The van der Waals surface area contributed by atoms with Gasteiger partial charge in [0.2, 0.25) is 5.91 Å². The molecule has 0 unspecified atom stereocenters. The number of nitrogens with one attached hydrogen (secondary N) is 1. The van der Waals surface area contributed by atoms with Crippen LogP contribution in [-0.2, 0) is 11.8 Å². The first kappa shape index (κ1) is 11.2. The number of anilines is 1. The van der Waals surface area contributed by atoms with Crippen LogP contribution in [0.15, 0.2) is 30.5 Å². The third-order valence-electron chi connectivity index (χ3n) is 2.63. The van der Waals surface area contributed by atoms with Gasteiger partial charge in [0.1, 0.15) is 0 Å². The van der Waals surface area contributed by atoms with Crippen molar-refractivity contribution >= 4 is 22.5 Å². The summed E-state index contributed by atoms with van der Waals surface area (Å²) in [5, 5.41) is 12.3. The molecule has 1 heterocycles. The lowest BCUT2D eigenvalue weighted by Gasteiger charge is -2.01. The summed E-state index contributed by atoms with van der Waals surface area (Å²) in [4.78, 5) is 11.6. The van der Waals surface area contributed by atoms with Gasteiger partial charge in [-0.2, -0.15) is 5.26 Å². The molecule has 0 saturated carbocycles. The number of amides is 1. The fourth-order valence-corrected chi connectivity index (χ4v) is 1.82. The number of carbonyl (C=O) groups excluding carboxylic acids is 1. The van der Waals surface area contributed by atoms with E-state index >= 15 is 0 Å². The third-order valence-corrected chi connectivity index (χ3v) is 2.63. The molecule has 0 bridgehead atoms. The van der Waals surface area contributed by atoms with Gasteiger partial charge in [-0.05, 0) is 6.07 Å². The minimum absolute atomic E-state index is 0.122. The Kier molecular flexibility index (Phi) is 3.10. The Morgan fingerprint density at radius 2 is 2.24 bits per heavy atom. The molecule has 0 aliphatic carbocycles. The van der Waals surface area contributed by atoms with Crippen LogP contribution in [0, 0.1) is 11.3 Å². The number of hydrogen-bond acceptors (Lipinski definition) is 2. The number of para-hydroxylation sites is 1. The molecule has 0 saturated heterocycles. The van der Waals surface area contributed by atoms with Crippen LogP contribution in [0.5, 0.6) is 0 Å². The molecule has 4 nitrogen and oxygen atoms in total. The molecule has 1 amide bonds. The fourth-order valence-electron chi connectivity index (χ4n) is 1.82. The lowest BCUT2D eigenvalue weighted by atomic mass is 10.2. The van der Waals surface area contributed by atoms with Crippen molar-refractivity contribution in [1.82, 2.24) is 4.57 Å². The molecule has 0 fully saturated rings. The van der Waals surface area contributed by atoms with E-state index in [0.29, 0.717) is 0 Å². The van der Waals surface area contributed by atoms with Crippen molar-refractivity contribution in [2.45, 2.75) is 12.8 Å². The molecule has 86 valence electrons. The summed E-state index contributed by atoms with van der Waals surface area (Å²) >= 11 is 0. The summed E-state index contributed by atoms with van der Waals surface area (Å²) in [5.74, 6) is -0.122. The Labute approximate surface area is 99.5 Å². The van der Waals surface area contributed by atoms with E-state index in [0.717, 1.165) is 16.6 Å². The molecule has 0 aliphatic heterocycles. The van der Waals surface area contributed by atoms with Crippen molar-refractivity contribution in [3.05, 3.63) is 30.5 Å². The molecule has 1 N–H and O–H groups in total. The van der Waals surface area contributed by atoms with Crippen LogP contribution in [0.25, 0.3) is 10.9 Å². The first-order chi connectivity index (χ1) is 8.22. The Balaban J connectivity index is 2.25. The van der Waals surface area contributed by atoms with Gasteiger partial charge in [0, 0.05) is 37.0 Å². The highest BCUT2D eigenvalue weighted by molar-refractivity contribution is 6.01. The Hall–Kier alpha value is -2.28. The minimum atomic E-state index is -0.122. The summed E-state index contributed by atoms with van der Waals surface area (Å²) < 4.78 is 1.97. The average Bonchev–Trinajstić information content (AvgIpc) is 2.65. The standard InChI is InChI=1S/C13H13N3O/c1-16-9-11(15-13(17)7-4-8-14)10-5-2-3-6-12(10)16/h2-3,5-6,9H,4,7H2,1H3,(H,15,17). The summed E-state index contributed by atoms with van der Waals surface area (Å²) in [6.45, 7) is 0. The second-order valence-electron chi connectivity index (χ2n) is 3.88. The van der Waals surface area contributed by atoms with Gasteiger partial charge >= 0.3 is 0 Å². The number of fused-ring (bicyclic) bond motifs is 1. The zero-order valence-corrected chi connectivity index (χ0v) is 9.60. The normalized spacial score (nSPS) is 10.1. The van der Waals surface area contributed by atoms with Gasteiger partial charge in [0.15, 0.2) is 0 Å². The Morgan fingerprint density at radius 1 is 1.47 bits per heavy atom. The van der Waals surface area contributed by atoms with Crippen molar-refractivity contribution in [3.63, 3.8) is 0 Å². The second kappa shape index (κ2) is 4.71. The number of nitriles is 1. The number of aromatic nitrogens is 1. The van der Waals surface area contributed by atoms with Gasteiger partial charge in [-0.25, -0.2) is 0 Å². The van der Waals surface area contributed by atoms with E-state index in [1.54, 1.807) is 0 Å². The zero-order chi connectivity index (χ0) is 12.3. The monoisotopic (exact) mass is 227 g/mol. The van der Waals surface area contributed by atoms with E-state index in [1.165, 1.54) is 0 Å². The third kappa shape index (κ3) is 2.28. The van der Waals surface area contributed by atoms with Gasteiger partial charge in [-0.15, -0.1) is 0 Å². The number of nitrogens with zero attached hydrogens (tertiary/aromatic N) is 2. The van der Waals surface area contributed by atoms with Crippen LogP contribution in [0.3, 0.4) is 0 Å². The van der Waals surface area contributed by atoms with Gasteiger partial charge in [0.05, 0.1) is 11.8 Å². The van der Waals surface area contributed by atoms with Gasteiger partial charge in [0.25, 0.3) is 0 Å². The summed E-state index contributed by atoms with van der Waals surface area (Å²) in [7, 11) is 1.94. The number of benzene rings is 1. The summed E-state index contributed by atoms with van der Waals surface area (Å²) in [6, 6.07) is 9.83. The van der Waals surface area contributed by atoms with E-state index in [4.69, 9.17) is 5.26 Å². The predicted octanol–water partition coefficient (Wildman–Crippen LogP) is 2.42. The van der Waals surface area contributed by atoms with E-state index < -0.39 is 0 Å². The van der Waals surface area contributed by atoms with Gasteiger partial charge < -0.3 is 9.88 Å². The molecule has 0 spiro atoms. The highest BCUT2D eigenvalue weighted by atomic mass is 16.1. The number of hydrogen-bond donors (Lipinski definition) is 1. The maximum Gasteiger partial charge on any atom is 0.225 e. The smallest absolute Gasteiger partial charge is 0.225 e. The van der Waals surface area contributed by atoms with Crippen LogP contribution < -0.4 is 5.32 Å². The molecule has 2 rings (SSSR count). The van der Waals surface area contributed by atoms with Crippen LogP contribution in [0.1, 0.15) is 12.8 Å². The van der Waals surface area contributed by atoms with E-state index in [2.05, 4.69) is 5.32 Å². The fraction of sp³-hybridized carbons (Fsp3) is 0.231. The second-order valence-corrected chi connectivity index (χ2v) is 3.88. The maximum atomic E-state index is 11.6. The van der Waals surface area contributed by atoms with Crippen molar-refractivity contribution in [2.75, 3.05) is 5.32 Å². The minimum Gasteiger partial charge on any atom is -0.348 e. The molecule has 0 aliphatic rings. The van der Waals surface area contributed by atoms with Crippen LogP contribution >= 0.6 is 0 Å². The quantitative estimate of drug-likeness (QED) is 0.875. The molecule has 0 radical (unpaired) electrons.